The van der Waals surface area contributed by atoms with Gasteiger partial charge in [0.15, 0.2) is 10.4 Å². The maximum atomic E-state index is 12.1. The quantitative estimate of drug-likeness (QED) is 0.793. The first kappa shape index (κ1) is 16.4. The number of hydrazine groups is 1. The van der Waals surface area contributed by atoms with Gasteiger partial charge in [-0.3, -0.25) is 20.4 Å². The van der Waals surface area contributed by atoms with Gasteiger partial charge in [-0.1, -0.05) is 11.6 Å². The molecule has 0 aliphatic rings. The fraction of sp³-hybridized carbons (Fsp3) is 0.143. The molecule has 116 valence electrons. The van der Waals surface area contributed by atoms with Crippen LogP contribution in [-0.4, -0.2) is 18.9 Å². The molecule has 8 heteroatoms. The Hall–Kier alpha value is -1.99. The highest BCUT2D eigenvalue weighted by Crippen LogP contribution is 2.22. The lowest BCUT2D eigenvalue weighted by Crippen LogP contribution is -2.41. The van der Waals surface area contributed by atoms with Gasteiger partial charge < -0.3 is 9.15 Å². The molecular weight excluding hydrogens is 376 g/mol. The lowest BCUT2D eigenvalue weighted by molar-refractivity contribution is 0.0828. The van der Waals surface area contributed by atoms with Gasteiger partial charge in [-0.05, 0) is 47.1 Å². The molecule has 1 heterocycles. The lowest BCUT2D eigenvalue weighted by atomic mass is 10.2. The third-order valence-corrected chi connectivity index (χ3v) is 3.42. The Bertz CT molecular complexity index is 730. The molecule has 0 saturated heterocycles. The summed E-state index contributed by atoms with van der Waals surface area (Å²) in [6.45, 7) is 1.71. The van der Waals surface area contributed by atoms with E-state index in [2.05, 4.69) is 26.8 Å². The number of methoxy groups -OCH3 is 1. The number of hydrogen-bond donors (Lipinski definition) is 2. The molecule has 0 fully saturated rings. The molecule has 0 unspecified atom stereocenters. The first-order chi connectivity index (χ1) is 10.4. The predicted octanol–water partition coefficient (Wildman–Crippen LogP) is 3.09. The van der Waals surface area contributed by atoms with Crippen molar-refractivity contribution in [2.24, 2.45) is 0 Å². The second-order valence-electron chi connectivity index (χ2n) is 4.32. The molecule has 6 nitrogen and oxygen atoms in total. The van der Waals surface area contributed by atoms with Gasteiger partial charge in [0.05, 0.1) is 12.7 Å². The van der Waals surface area contributed by atoms with Crippen molar-refractivity contribution in [1.82, 2.24) is 10.9 Å². The third-order valence-electron chi connectivity index (χ3n) is 2.79. The Morgan fingerprint density at radius 1 is 1.23 bits per heavy atom. The van der Waals surface area contributed by atoms with Gasteiger partial charge >= 0.3 is 5.91 Å². The van der Waals surface area contributed by atoms with Crippen LogP contribution < -0.4 is 15.6 Å². The molecule has 0 aliphatic heterocycles. The summed E-state index contributed by atoms with van der Waals surface area (Å²) in [5, 5.41) is 0.378. The van der Waals surface area contributed by atoms with Crippen LogP contribution in [0, 0.1) is 6.92 Å². The number of nitrogens with one attached hydrogen (secondary N) is 2. The van der Waals surface area contributed by atoms with Gasteiger partial charge in [0, 0.05) is 10.6 Å². The Labute approximate surface area is 139 Å². The van der Waals surface area contributed by atoms with Gasteiger partial charge in [0.25, 0.3) is 5.91 Å². The summed E-state index contributed by atoms with van der Waals surface area (Å²) in [7, 11) is 1.43. The maximum Gasteiger partial charge on any atom is 0.305 e. The van der Waals surface area contributed by atoms with E-state index in [1.165, 1.54) is 13.2 Å². The van der Waals surface area contributed by atoms with Crippen molar-refractivity contribution in [3.05, 3.63) is 50.8 Å². The minimum Gasteiger partial charge on any atom is -0.496 e. The van der Waals surface area contributed by atoms with Crippen LogP contribution in [0.5, 0.6) is 5.75 Å². The number of amides is 2. The summed E-state index contributed by atoms with van der Waals surface area (Å²) >= 11 is 8.99. The molecule has 0 spiro atoms. The summed E-state index contributed by atoms with van der Waals surface area (Å²) < 4.78 is 10.7. The minimum atomic E-state index is -0.572. The summed E-state index contributed by atoms with van der Waals surface area (Å²) in [5.41, 5.74) is 5.39. The number of hydrogen-bond acceptors (Lipinski definition) is 4. The molecular formula is C14H12BrClN2O4. The molecule has 1 aromatic heterocycles. The van der Waals surface area contributed by atoms with E-state index in [4.69, 9.17) is 20.8 Å². The van der Waals surface area contributed by atoms with Crippen molar-refractivity contribution in [2.45, 2.75) is 6.92 Å². The second kappa shape index (κ2) is 6.85. The highest BCUT2D eigenvalue weighted by molar-refractivity contribution is 9.10. The summed E-state index contributed by atoms with van der Waals surface area (Å²) in [6.07, 6.45) is 0. The zero-order valence-corrected chi connectivity index (χ0v) is 14.0. The average Bonchev–Trinajstić information content (AvgIpc) is 2.83. The van der Waals surface area contributed by atoms with Gasteiger partial charge in [-0.2, -0.15) is 0 Å². The van der Waals surface area contributed by atoms with Crippen LogP contribution in [0.1, 0.15) is 26.5 Å². The molecule has 2 rings (SSSR count). The number of benzene rings is 1. The lowest BCUT2D eigenvalue weighted by Gasteiger charge is -2.10. The number of ether oxygens (including phenoxy) is 1. The molecule has 22 heavy (non-hydrogen) atoms. The minimum absolute atomic E-state index is 0.102. The molecule has 2 aromatic rings. The van der Waals surface area contributed by atoms with E-state index in [1.807, 2.05) is 0 Å². The van der Waals surface area contributed by atoms with Gasteiger partial charge in [-0.25, -0.2) is 0 Å². The largest absolute Gasteiger partial charge is 0.496 e. The molecule has 2 N–H and O–H groups in total. The van der Waals surface area contributed by atoms with E-state index in [0.29, 0.717) is 21.0 Å². The van der Waals surface area contributed by atoms with E-state index in [0.717, 1.165) is 0 Å². The van der Waals surface area contributed by atoms with Crippen LogP contribution >= 0.6 is 27.5 Å². The van der Waals surface area contributed by atoms with Crippen LogP contribution in [0.2, 0.25) is 5.02 Å². The van der Waals surface area contributed by atoms with E-state index in [1.54, 1.807) is 25.1 Å². The van der Waals surface area contributed by atoms with Crippen molar-refractivity contribution >= 4 is 39.3 Å². The van der Waals surface area contributed by atoms with Crippen LogP contribution in [0.25, 0.3) is 0 Å². The zero-order valence-electron chi connectivity index (χ0n) is 11.7. The molecule has 0 radical (unpaired) electrons. The molecule has 0 saturated carbocycles. The SMILES string of the molecule is COc1ccc(Cl)cc1C(=O)NNC(=O)c1oc(Br)cc1C. The van der Waals surface area contributed by atoms with Crippen molar-refractivity contribution in [3.8, 4) is 5.75 Å². The van der Waals surface area contributed by atoms with Crippen molar-refractivity contribution < 1.29 is 18.7 Å². The van der Waals surface area contributed by atoms with Crippen LogP contribution in [0.3, 0.4) is 0 Å². The number of furan rings is 1. The number of carbonyl (C=O) groups excluding carboxylic acids is 2. The van der Waals surface area contributed by atoms with E-state index >= 15 is 0 Å². The topological polar surface area (TPSA) is 80.6 Å². The average molecular weight is 388 g/mol. The summed E-state index contributed by atoms with van der Waals surface area (Å²) in [6, 6.07) is 6.25. The van der Waals surface area contributed by atoms with Crippen LogP contribution in [0.4, 0.5) is 0 Å². The van der Waals surface area contributed by atoms with Gasteiger partial charge in [-0.15, -0.1) is 0 Å². The van der Waals surface area contributed by atoms with Gasteiger partial charge in [0.1, 0.15) is 5.75 Å². The normalized spacial score (nSPS) is 10.2. The Morgan fingerprint density at radius 2 is 1.91 bits per heavy atom. The maximum absolute atomic E-state index is 12.1. The first-order valence-electron chi connectivity index (χ1n) is 6.12. The fourth-order valence-electron chi connectivity index (χ4n) is 1.76. The number of carbonyl (C=O) groups is 2. The third kappa shape index (κ3) is 3.61. The standard InChI is InChI=1S/C14H12BrClN2O4/c1-7-5-11(15)22-12(7)14(20)18-17-13(19)9-6-8(16)3-4-10(9)21-2/h3-6H,1-2H3,(H,17,19)(H,18,20). The Balaban J connectivity index is 2.08. The monoisotopic (exact) mass is 386 g/mol. The molecule has 0 bridgehead atoms. The Morgan fingerprint density at radius 3 is 2.50 bits per heavy atom. The van der Waals surface area contributed by atoms with E-state index in [9.17, 15) is 9.59 Å². The summed E-state index contributed by atoms with van der Waals surface area (Å²) in [4.78, 5) is 24.0. The number of halogens is 2. The Kier molecular flexibility index (Phi) is 5.10. The van der Waals surface area contributed by atoms with Crippen molar-refractivity contribution in [1.29, 1.82) is 0 Å². The molecule has 2 amide bonds. The zero-order chi connectivity index (χ0) is 16.3. The van der Waals surface area contributed by atoms with Crippen LogP contribution in [-0.2, 0) is 0 Å². The summed E-state index contributed by atoms with van der Waals surface area (Å²) in [5.74, 6) is -0.688. The molecule has 0 aliphatic carbocycles. The highest BCUT2D eigenvalue weighted by atomic mass is 79.9. The van der Waals surface area contributed by atoms with Crippen molar-refractivity contribution in [3.63, 3.8) is 0 Å². The number of rotatable bonds is 3. The highest BCUT2D eigenvalue weighted by Gasteiger charge is 2.17. The first-order valence-corrected chi connectivity index (χ1v) is 7.29. The predicted molar refractivity (Wildman–Crippen MR) is 84.1 cm³/mol. The van der Waals surface area contributed by atoms with E-state index < -0.39 is 11.8 Å². The van der Waals surface area contributed by atoms with E-state index in [-0.39, 0.29) is 11.3 Å². The fourth-order valence-corrected chi connectivity index (χ4v) is 2.44. The molecule has 1 aromatic carbocycles. The smallest absolute Gasteiger partial charge is 0.305 e. The number of aryl methyl sites for hydroxylation is 1. The van der Waals surface area contributed by atoms with Crippen LogP contribution in [0.15, 0.2) is 33.4 Å². The van der Waals surface area contributed by atoms with Crippen molar-refractivity contribution in [2.75, 3.05) is 7.11 Å². The van der Waals surface area contributed by atoms with Gasteiger partial charge in [0.2, 0.25) is 0 Å². The second-order valence-corrected chi connectivity index (χ2v) is 5.53. The molecule has 0 atom stereocenters.